The molecule has 0 spiro atoms. The van der Waals surface area contributed by atoms with Gasteiger partial charge in [-0.25, -0.2) is 0 Å². The van der Waals surface area contributed by atoms with Gasteiger partial charge in [0.1, 0.15) is 0 Å². The first-order valence-electron chi connectivity index (χ1n) is 6.47. The molecule has 1 saturated carbocycles. The summed E-state index contributed by atoms with van der Waals surface area (Å²) < 4.78 is 0. The van der Waals surface area contributed by atoms with Crippen LogP contribution in [0.4, 0.5) is 5.69 Å². The SMILES string of the molecule is CCC(=Cc1cc([N+](=O)[O-])ccc1Cl)CNC1CC1. The van der Waals surface area contributed by atoms with Crippen LogP contribution in [0.5, 0.6) is 0 Å². The molecule has 102 valence electrons. The van der Waals surface area contributed by atoms with E-state index in [4.69, 9.17) is 11.6 Å². The molecule has 1 aromatic carbocycles. The number of benzene rings is 1. The second-order valence-corrected chi connectivity index (χ2v) is 5.18. The Balaban J connectivity index is 2.17. The van der Waals surface area contributed by atoms with Gasteiger partial charge in [0.15, 0.2) is 0 Å². The van der Waals surface area contributed by atoms with Crippen molar-refractivity contribution in [3.05, 3.63) is 44.5 Å². The van der Waals surface area contributed by atoms with Crippen molar-refractivity contribution in [2.24, 2.45) is 0 Å². The first-order chi connectivity index (χ1) is 9.10. The average molecular weight is 281 g/mol. The van der Waals surface area contributed by atoms with E-state index in [1.54, 1.807) is 6.07 Å². The Bertz CT molecular complexity index is 510. The predicted molar refractivity (Wildman–Crippen MR) is 77.4 cm³/mol. The monoisotopic (exact) mass is 280 g/mol. The van der Waals surface area contributed by atoms with E-state index in [0.717, 1.165) is 13.0 Å². The highest BCUT2D eigenvalue weighted by molar-refractivity contribution is 6.32. The van der Waals surface area contributed by atoms with E-state index < -0.39 is 4.92 Å². The first-order valence-corrected chi connectivity index (χ1v) is 6.84. The second kappa shape index (κ2) is 6.17. The Hall–Kier alpha value is -1.39. The van der Waals surface area contributed by atoms with E-state index in [-0.39, 0.29) is 5.69 Å². The highest BCUT2D eigenvalue weighted by atomic mass is 35.5. The summed E-state index contributed by atoms with van der Waals surface area (Å²) in [5, 5.41) is 14.8. The van der Waals surface area contributed by atoms with Gasteiger partial charge < -0.3 is 5.32 Å². The number of halogens is 1. The highest BCUT2D eigenvalue weighted by Crippen LogP contribution is 2.25. The summed E-state index contributed by atoms with van der Waals surface area (Å²) in [6.45, 7) is 2.89. The van der Waals surface area contributed by atoms with Crippen LogP contribution in [0.25, 0.3) is 6.08 Å². The topological polar surface area (TPSA) is 55.2 Å². The summed E-state index contributed by atoms with van der Waals surface area (Å²) >= 11 is 6.09. The van der Waals surface area contributed by atoms with Crippen LogP contribution < -0.4 is 5.32 Å². The number of nitrogens with one attached hydrogen (secondary N) is 1. The molecule has 1 fully saturated rings. The Kier molecular flexibility index (Phi) is 4.56. The van der Waals surface area contributed by atoms with Crippen LogP contribution in [-0.2, 0) is 0 Å². The lowest BCUT2D eigenvalue weighted by atomic mass is 10.1. The van der Waals surface area contributed by atoms with Crippen molar-refractivity contribution in [3.63, 3.8) is 0 Å². The third-order valence-corrected chi connectivity index (χ3v) is 3.54. The van der Waals surface area contributed by atoms with E-state index >= 15 is 0 Å². The molecule has 1 aromatic rings. The Morgan fingerprint density at radius 1 is 1.58 bits per heavy atom. The molecule has 0 saturated heterocycles. The normalized spacial score (nSPS) is 15.6. The van der Waals surface area contributed by atoms with Gasteiger partial charge in [0.25, 0.3) is 5.69 Å². The van der Waals surface area contributed by atoms with Crippen LogP contribution in [0.3, 0.4) is 0 Å². The molecular formula is C14H17ClN2O2. The number of non-ortho nitro benzene ring substituents is 1. The second-order valence-electron chi connectivity index (χ2n) is 4.77. The fraction of sp³-hybridized carbons (Fsp3) is 0.429. The third-order valence-electron chi connectivity index (χ3n) is 3.20. The van der Waals surface area contributed by atoms with Gasteiger partial charge in [0.05, 0.1) is 4.92 Å². The summed E-state index contributed by atoms with van der Waals surface area (Å²) in [5.41, 5.74) is 1.99. The molecule has 0 bridgehead atoms. The van der Waals surface area contributed by atoms with Gasteiger partial charge in [0, 0.05) is 29.7 Å². The van der Waals surface area contributed by atoms with Crippen LogP contribution in [0.15, 0.2) is 23.8 Å². The van der Waals surface area contributed by atoms with Crippen LogP contribution in [0, 0.1) is 10.1 Å². The van der Waals surface area contributed by atoms with Crippen LogP contribution in [0.2, 0.25) is 5.02 Å². The molecule has 1 aliphatic carbocycles. The maximum Gasteiger partial charge on any atom is 0.270 e. The summed E-state index contributed by atoms with van der Waals surface area (Å²) in [5.74, 6) is 0. The lowest BCUT2D eigenvalue weighted by Gasteiger charge is -2.07. The molecule has 5 heteroatoms. The van der Waals surface area contributed by atoms with Crippen molar-refractivity contribution >= 4 is 23.4 Å². The zero-order chi connectivity index (χ0) is 13.8. The molecule has 0 aliphatic heterocycles. The van der Waals surface area contributed by atoms with Gasteiger partial charge in [-0.1, -0.05) is 30.2 Å². The summed E-state index contributed by atoms with van der Waals surface area (Å²) in [4.78, 5) is 10.4. The van der Waals surface area contributed by atoms with Crippen molar-refractivity contribution in [3.8, 4) is 0 Å². The van der Waals surface area contributed by atoms with E-state index in [1.165, 1.54) is 30.5 Å². The van der Waals surface area contributed by atoms with Gasteiger partial charge in [-0.3, -0.25) is 10.1 Å². The molecule has 0 unspecified atom stereocenters. The summed E-state index contributed by atoms with van der Waals surface area (Å²) in [7, 11) is 0. The number of nitro benzene ring substituents is 1. The van der Waals surface area contributed by atoms with Crippen molar-refractivity contribution in [2.75, 3.05) is 6.54 Å². The Morgan fingerprint density at radius 2 is 2.32 bits per heavy atom. The third kappa shape index (κ3) is 4.04. The molecule has 2 rings (SSSR count). The number of nitrogens with zero attached hydrogens (tertiary/aromatic N) is 1. The van der Waals surface area contributed by atoms with Crippen molar-refractivity contribution < 1.29 is 4.92 Å². The van der Waals surface area contributed by atoms with Gasteiger partial charge in [-0.05, 0) is 30.9 Å². The fourth-order valence-corrected chi connectivity index (χ4v) is 1.99. The first kappa shape index (κ1) is 14.0. The number of rotatable bonds is 6. The summed E-state index contributed by atoms with van der Waals surface area (Å²) in [6.07, 6.45) is 5.34. The molecule has 0 amide bonds. The highest BCUT2D eigenvalue weighted by Gasteiger charge is 2.20. The van der Waals surface area contributed by atoms with E-state index in [2.05, 4.69) is 12.2 Å². The maximum absolute atomic E-state index is 10.8. The zero-order valence-corrected chi connectivity index (χ0v) is 11.6. The van der Waals surface area contributed by atoms with E-state index in [0.29, 0.717) is 16.6 Å². The molecule has 19 heavy (non-hydrogen) atoms. The number of nitro groups is 1. The lowest BCUT2D eigenvalue weighted by Crippen LogP contribution is -2.18. The minimum atomic E-state index is -0.401. The van der Waals surface area contributed by atoms with Crippen molar-refractivity contribution in [1.29, 1.82) is 0 Å². The molecule has 4 nitrogen and oxygen atoms in total. The zero-order valence-electron chi connectivity index (χ0n) is 10.9. The van der Waals surface area contributed by atoms with E-state index in [1.807, 2.05) is 6.08 Å². The minimum absolute atomic E-state index is 0.0706. The average Bonchev–Trinajstić information content (AvgIpc) is 3.20. The van der Waals surface area contributed by atoms with Gasteiger partial charge in [0.2, 0.25) is 0 Å². The molecule has 1 aliphatic rings. The smallest absolute Gasteiger partial charge is 0.270 e. The van der Waals surface area contributed by atoms with E-state index in [9.17, 15) is 10.1 Å². The maximum atomic E-state index is 10.8. The number of hydrogen-bond donors (Lipinski definition) is 1. The van der Waals surface area contributed by atoms with Crippen LogP contribution in [0.1, 0.15) is 31.7 Å². The largest absolute Gasteiger partial charge is 0.310 e. The van der Waals surface area contributed by atoms with Gasteiger partial charge in [-0.15, -0.1) is 0 Å². The molecule has 0 radical (unpaired) electrons. The molecular weight excluding hydrogens is 264 g/mol. The fourth-order valence-electron chi connectivity index (χ4n) is 1.82. The summed E-state index contributed by atoms with van der Waals surface area (Å²) in [6, 6.07) is 5.17. The Labute approximate surface area is 117 Å². The minimum Gasteiger partial charge on any atom is -0.310 e. The van der Waals surface area contributed by atoms with Crippen molar-refractivity contribution in [1.82, 2.24) is 5.32 Å². The molecule has 0 heterocycles. The lowest BCUT2D eigenvalue weighted by molar-refractivity contribution is -0.384. The van der Waals surface area contributed by atoms with Crippen LogP contribution >= 0.6 is 11.6 Å². The molecule has 0 aromatic heterocycles. The molecule has 0 atom stereocenters. The van der Waals surface area contributed by atoms with Gasteiger partial charge >= 0.3 is 0 Å². The van der Waals surface area contributed by atoms with Crippen molar-refractivity contribution in [2.45, 2.75) is 32.2 Å². The van der Waals surface area contributed by atoms with Crippen LogP contribution in [-0.4, -0.2) is 17.5 Å². The Morgan fingerprint density at radius 3 is 2.89 bits per heavy atom. The number of hydrogen-bond acceptors (Lipinski definition) is 3. The standard InChI is InChI=1S/C14H17ClN2O2/c1-2-10(9-16-12-3-4-12)7-11-8-13(17(18)19)5-6-14(11)15/h5-8,12,16H,2-4,9H2,1H3. The molecule has 1 N–H and O–H groups in total. The van der Waals surface area contributed by atoms with Gasteiger partial charge in [-0.2, -0.15) is 0 Å². The quantitative estimate of drug-likeness (QED) is 0.637. The predicted octanol–water partition coefficient (Wildman–Crippen LogP) is 3.79.